The zero-order chi connectivity index (χ0) is 19.6. The summed E-state index contributed by atoms with van der Waals surface area (Å²) in [6.07, 6.45) is 2.24. The third kappa shape index (κ3) is 3.75. The zero-order valence-electron chi connectivity index (χ0n) is 15.7. The molecule has 5 nitrogen and oxygen atoms in total. The van der Waals surface area contributed by atoms with Crippen molar-refractivity contribution < 1.29 is 9.53 Å². The summed E-state index contributed by atoms with van der Waals surface area (Å²) in [5.41, 5.74) is 3.29. The maximum atomic E-state index is 13.0. The maximum Gasteiger partial charge on any atom is 0.342 e. The number of aromatic nitrogens is 2. The Labute approximate surface area is 176 Å². The fourth-order valence-corrected chi connectivity index (χ4v) is 5.05. The van der Waals surface area contributed by atoms with Crippen LogP contribution in [0.15, 0.2) is 52.5 Å². The molecule has 0 bridgehead atoms. The molecule has 4 aromatic rings. The van der Waals surface area contributed by atoms with Gasteiger partial charge >= 0.3 is 5.97 Å². The van der Waals surface area contributed by atoms with Crippen LogP contribution in [0.4, 0.5) is 5.82 Å². The van der Waals surface area contributed by atoms with Gasteiger partial charge in [-0.25, -0.2) is 14.8 Å². The molecule has 0 radical (unpaired) electrons. The lowest BCUT2D eigenvalue weighted by molar-refractivity contribution is 0.0469. The average Bonchev–Trinajstić information content (AvgIpc) is 3.53. The minimum Gasteiger partial charge on any atom is -0.455 e. The van der Waals surface area contributed by atoms with Crippen LogP contribution >= 0.6 is 22.7 Å². The fraction of sp³-hybridized carbons (Fsp3) is 0.227. The first-order chi connectivity index (χ1) is 14.3. The Kier molecular flexibility index (Phi) is 4.99. The van der Waals surface area contributed by atoms with E-state index in [4.69, 9.17) is 9.72 Å². The Balaban J connectivity index is 1.39. The molecule has 0 unspecified atom stereocenters. The van der Waals surface area contributed by atoms with Gasteiger partial charge in [0.25, 0.3) is 0 Å². The van der Waals surface area contributed by atoms with E-state index in [9.17, 15) is 4.79 Å². The van der Waals surface area contributed by atoms with Crippen molar-refractivity contribution in [2.24, 2.45) is 0 Å². The lowest BCUT2D eigenvalue weighted by Gasteiger charge is -2.20. The monoisotopic (exact) mass is 421 g/mol. The maximum absolute atomic E-state index is 13.0. The third-order valence-corrected chi connectivity index (χ3v) is 6.62. The Morgan fingerprint density at radius 1 is 1.10 bits per heavy atom. The number of esters is 1. The lowest BCUT2D eigenvalue weighted by Crippen LogP contribution is -2.23. The number of fused-ring (bicyclic) bond motifs is 1. The van der Waals surface area contributed by atoms with Gasteiger partial charge in [0.2, 0.25) is 0 Å². The van der Waals surface area contributed by atoms with Crippen molar-refractivity contribution in [2.75, 3.05) is 18.0 Å². The first-order valence-corrected chi connectivity index (χ1v) is 11.4. The molecule has 1 aliphatic heterocycles. The minimum atomic E-state index is -0.352. The predicted molar refractivity (Wildman–Crippen MR) is 118 cm³/mol. The molecule has 0 amide bonds. The van der Waals surface area contributed by atoms with Crippen molar-refractivity contribution >= 4 is 45.4 Å². The van der Waals surface area contributed by atoms with Gasteiger partial charge in [0, 0.05) is 34.8 Å². The number of hydrogen-bond acceptors (Lipinski definition) is 7. The van der Waals surface area contributed by atoms with Crippen molar-refractivity contribution in [3.05, 3.63) is 63.8 Å². The van der Waals surface area contributed by atoms with Crippen LogP contribution in [0, 0.1) is 0 Å². The number of ether oxygens (including phenoxy) is 1. The van der Waals surface area contributed by atoms with E-state index in [1.807, 2.05) is 47.2 Å². The molecule has 0 saturated carbocycles. The summed E-state index contributed by atoms with van der Waals surface area (Å²) in [5.74, 6) is 0.374. The van der Waals surface area contributed by atoms with E-state index in [1.54, 1.807) is 22.7 Å². The van der Waals surface area contributed by atoms with Crippen LogP contribution < -0.4 is 4.90 Å². The van der Waals surface area contributed by atoms with Gasteiger partial charge in [-0.2, -0.15) is 11.3 Å². The highest BCUT2D eigenvalue weighted by Gasteiger charge is 2.23. The summed E-state index contributed by atoms with van der Waals surface area (Å²) in [6, 6.07) is 11.8. The third-order valence-electron chi connectivity index (χ3n) is 5.00. The molecule has 7 heteroatoms. The highest BCUT2D eigenvalue weighted by molar-refractivity contribution is 7.14. The number of carbonyl (C=O) groups excluding carboxylic acids is 1. The second-order valence-corrected chi connectivity index (χ2v) is 8.62. The molecular formula is C22H19N3O2S2. The van der Waals surface area contributed by atoms with Gasteiger partial charge < -0.3 is 9.64 Å². The normalized spacial score (nSPS) is 13.9. The van der Waals surface area contributed by atoms with E-state index in [-0.39, 0.29) is 12.6 Å². The average molecular weight is 422 g/mol. The molecule has 1 aliphatic rings. The predicted octanol–water partition coefficient (Wildman–Crippen LogP) is 5.38. The molecule has 1 fully saturated rings. The van der Waals surface area contributed by atoms with Crippen molar-refractivity contribution in [3.8, 4) is 10.6 Å². The van der Waals surface area contributed by atoms with Crippen LogP contribution in [0.2, 0.25) is 0 Å². The van der Waals surface area contributed by atoms with E-state index < -0.39 is 0 Å². The van der Waals surface area contributed by atoms with Crippen LogP contribution in [-0.2, 0) is 11.3 Å². The summed E-state index contributed by atoms with van der Waals surface area (Å²) < 4.78 is 5.64. The van der Waals surface area contributed by atoms with E-state index >= 15 is 0 Å². The minimum absolute atomic E-state index is 0.158. The van der Waals surface area contributed by atoms with Crippen molar-refractivity contribution in [1.82, 2.24) is 9.97 Å². The van der Waals surface area contributed by atoms with Gasteiger partial charge in [-0.1, -0.05) is 18.2 Å². The number of carbonyl (C=O) groups is 1. The molecule has 5 rings (SSSR count). The number of benzene rings is 1. The lowest BCUT2D eigenvalue weighted by atomic mass is 10.1. The summed E-state index contributed by atoms with van der Waals surface area (Å²) in [5, 5.41) is 7.93. The highest BCUT2D eigenvalue weighted by Crippen LogP contribution is 2.28. The standard InChI is InChI=1S/C22H19N3O2S2/c26-22(27-12-17-14-29-21(23-17)16-7-10-28-13-16)18-11-15-5-1-2-6-19(15)24-20(18)25-8-3-4-9-25/h1-2,5-7,10-11,13-14H,3-4,8-9,12H2. The Morgan fingerprint density at radius 2 is 1.97 bits per heavy atom. The molecular weight excluding hydrogens is 402 g/mol. The van der Waals surface area contributed by atoms with Gasteiger partial charge in [0.05, 0.1) is 11.2 Å². The Hall–Kier alpha value is -2.77. The number of thiazole rings is 1. The molecule has 4 heterocycles. The fourth-order valence-electron chi connectivity index (χ4n) is 3.54. The molecule has 29 heavy (non-hydrogen) atoms. The molecule has 1 saturated heterocycles. The van der Waals surface area contributed by atoms with Gasteiger partial charge in [-0.05, 0) is 36.4 Å². The van der Waals surface area contributed by atoms with Crippen LogP contribution in [-0.4, -0.2) is 29.0 Å². The number of anilines is 1. The van der Waals surface area contributed by atoms with Gasteiger partial charge in [0.1, 0.15) is 23.0 Å². The van der Waals surface area contributed by atoms with Crippen molar-refractivity contribution in [1.29, 1.82) is 0 Å². The van der Waals surface area contributed by atoms with Crippen LogP contribution in [0.3, 0.4) is 0 Å². The first kappa shape index (κ1) is 18.3. The van der Waals surface area contributed by atoms with Crippen LogP contribution in [0.1, 0.15) is 28.9 Å². The van der Waals surface area contributed by atoms with E-state index in [2.05, 4.69) is 15.3 Å². The Morgan fingerprint density at radius 3 is 2.79 bits per heavy atom. The molecule has 0 atom stereocenters. The largest absolute Gasteiger partial charge is 0.455 e. The number of hydrogen-bond donors (Lipinski definition) is 0. The van der Waals surface area contributed by atoms with E-state index in [0.717, 1.165) is 58.9 Å². The molecule has 0 aliphatic carbocycles. The van der Waals surface area contributed by atoms with Gasteiger partial charge in [-0.15, -0.1) is 11.3 Å². The highest BCUT2D eigenvalue weighted by atomic mass is 32.1. The molecule has 1 aromatic carbocycles. The number of pyridine rings is 1. The number of rotatable bonds is 5. The topological polar surface area (TPSA) is 55.3 Å². The summed E-state index contributed by atoms with van der Waals surface area (Å²) in [6.45, 7) is 2.00. The molecule has 0 N–H and O–H groups in total. The molecule has 146 valence electrons. The summed E-state index contributed by atoms with van der Waals surface area (Å²) >= 11 is 3.21. The zero-order valence-corrected chi connectivity index (χ0v) is 17.3. The van der Waals surface area contributed by atoms with Gasteiger partial charge in [-0.3, -0.25) is 0 Å². The number of para-hydroxylation sites is 1. The number of thiophene rings is 1. The molecule has 0 spiro atoms. The van der Waals surface area contributed by atoms with Crippen molar-refractivity contribution in [2.45, 2.75) is 19.4 Å². The Bertz CT molecular complexity index is 1150. The second kappa shape index (κ2) is 7.93. The van der Waals surface area contributed by atoms with Crippen molar-refractivity contribution in [3.63, 3.8) is 0 Å². The van der Waals surface area contributed by atoms with Crippen LogP contribution in [0.5, 0.6) is 0 Å². The molecule has 3 aromatic heterocycles. The number of nitrogens with zero attached hydrogens (tertiary/aromatic N) is 3. The summed E-state index contributed by atoms with van der Waals surface area (Å²) in [4.78, 5) is 24.5. The van der Waals surface area contributed by atoms with E-state index in [0.29, 0.717) is 5.56 Å². The summed E-state index contributed by atoms with van der Waals surface area (Å²) in [7, 11) is 0. The first-order valence-electron chi connectivity index (χ1n) is 9.57. The second-order valence-electron chi connectivity index (χ2n) is 6.98. The van der Waals surface area contributed by atoms with Crippen LogP contribution in [0.25, 0.3) is 21.5 Å². The quantitative estimate of drug-likeness (QED) is 0.405. The smallest absolute Gasteiger partial charge is 0.342 e. The SMILES string of the molecule is O=C(OCc1csc(-c2ccsc2)n1)c1cc2ccccc2nc1N1CCCC1. The van der Waals surface area contributed by atoms with E-state index in [1.165, 1.54) is 0 Å². The van der Waals surface area contributed by atoms with Gasteiger partial charge in [0.15, 0.2) is 0 Å².